The third kappa shape index (κ3) is 1.22. The van der Waals surface area contributed by atoms with E-state index in [4.69, 9.17) is 0 Å². The summed E-state index contributed by atoms with van der Waals surface area (Å²) in [5, 5.41) is 16.9. The molecule has 0 fully saturated rings. The highest BCUT2D eigenvalue weighted by molar-refractivity contribution is 5.92. The first-order chi connectivity index (χ1) is 6.83. The van der Waals surface area contributed by atoms with E-state index in [1.54, 1.807) is 13.1 Å². The summed E-state index contributed by atoms with van der Waals surface area (Å²) in [6, 6.07) is 1.57. The lowest BCUT2D eigenvalue weighted by molar-refractivity contribution is 0.0949. The number of tetrazole rings is 1. The minimum absolute atomic E-state index is 0.252. The molecule has 0 aliphatic heterocycles. The van der Waals surface area contributed by atoms with Crippen molar-refractivity contribution in [3.05, 3.63) is 24.3 Å². The van der Waals surface area contributed by atoms with Crippen LogP contribution < -0.4 is 5.32 Å². The van der Waals surface area contributed by atoms with Crippen molar-refractivity contribution >= 4 is 5.91 Å². The summed E-state index contributed by atoms with van der Waals surface area (Å²) in [5.41, 5.74) is 0.361. The Hall–Kier alpha value is -2.25. The summed E-state index contributed by atoms with van der Waals surface area (Å²) in [5.74, 6) is -0.252. The Morgan fingerprint density at radius 3 is 3.07 bits per heavy atom. The molecule has 2 rings (SSSR count). The monoisotopic (exact) mass is 193 g/mol. The molecule has 0 aromatic carbocycles. The average Bonchev–Trinajstić information content (AvgIpc) is 2.85. The van der Waals surface area contributed by atoms with Gasteiger partial charge in [0, 0.05) is 7.05 Å². The maximum absolute atomic E-state index is 11.3. The summed E-state index contributed by atoms with van der Waals surface area (Å²) in [6.07, 6.45) is 2.84. The molecule has 2 aromatic heterocycles. The molecule has 2 aromatic rings. The van der Waals surface area contributed by atoms with Crippen LogP contribution in [-0.2, 0) is 0 Å². The zero-order valence-corrected chi connectivity index (χ0v) is 7.32. The number of nitrogens with one attached hydrogen (secondary N) is 1. The first-order valence-corrected chi connectivity index (χ1v) is 3.82. The van der Waals surface area contributed by atoms with E-state index < -0.39 is 0 Å². The molecular formula is C6H7N7O. The Morgan fingerprint density at radius 1 is 1.57 bits per heavy atom. The number of rotatable bonds is 2. The van der Waals surface area contributed by atoms with Gasteiger partial charge in [-0.2, -0.15) is 5.10 Å². The zero-order chi connectivity index (χ0) is 9.97. The first-order valence-electron chi connectivity index (χ1n) is 3.82. The van der Waals surface area contributed by atoms with Crippen LogP contribution in [0.4, 0.5) is 0 Å². The van der Waals surface area contributed by atoms with Crippen LogP contribution in [0.25, 0.3) is 0 Å². The topological polar surface area (TPSA) is 90.5 Å². The average molecular weight is 193 g/mol. The van der Waals surface area contributed by atoms with Crippen LogP contribution in [0.2, 0.25) is 0 Å². The normalized spacial score (nSPS) is 10.1. The molecule has 0 radical (unpaired) electrons. The molecular weight excluding hydrogens is 186 g/mol. The highest BCUT2D eigenvalue weighted by atomic mass is 16.2. The molecule has 0 bridgehead atoms. The Morgan fingerprint density at radius 2 is 2.43 bits per heavy atom. The van der Waals surface area contributed by atoms with Crippen molar-refractivity contribution in [1.29, 1.82) is 0 Å². The molecule has 0 saturated heterocycles. The van der Waals surface area contributed by atoms with Gasteiger partial charge in [0.05, 0.1) is 6.20 Å². The van der Waals surface area contributed by atoms with Crippen molar-refractivity contribution in [2.75, 3.05) is 7.05 Å². The quantitative estimate of drug-likeness (QED) is 0.629. The minimum atomic E-state index is -0.252. The van der Waals surface area contributed by atoms with Crippen LogP contribution in [0.3, 0.4) is 0 Å². The van der Waals surface area contributed by atoms with Gasteiger partial charge in [0.2, 0.25) is 0 Å². The van der Waals surface area contributed by atoms with E-state index in [0.717, 1.165) is 0 Å². The Kier molecular flexibility index (Phi) is 1.94. The lowest BCUT2D eigenvalue weighted by Crippen LogP contribution is -2.25. The molecule has 0 saturated carbocycles. The van der Waals surface area contributed by atoms with E-state index in [0.29, 0.717) is 5.69 Å². The molecule has 2 heterocycles. The molecule has 0 aliphatic carbocycles. The molecule has 72 valence electrons. The van der Waals surface area contributed by atoms with Gasteiger partial charge < -0.3 is 5.32 Å². The number of hydrogen-bond donors (Lipinski definition) is 1. The van der Waals surface area contributed by atoms with E-state index in [9.17, 15) is 4.79 Å². The van der Waals surface area contributed by atoms with Gasteiger partial charge in [0.15, 0.2) is 12.0 Å². The molecule has 8 heteroatoms. The molecule has 0 unspecified atom stereocenters. The van der Waals surface area contributed by atoms with Crippen molar-refractivity contribution in [1.82, 2.24) is 35.5 Å². The van der Waals surface area contributed by atoms with Gasteiger partial charge in [0.1, 0.15) is 0 Å². The SMILES string of the molecule is CNC(=O)c1ccnn1-n1cnnn1. The first kappa shape index (κ1) is 8.35. The molecule has 0 spiro atoms. The fraction of sp³-hybridized carbons (Fsp3) is 0.167. The fourth-order valence-electron chi connectivity index (χ4n) is 0.997. The van der Waals surface area contributed by atoms with E-state index in [1.807, 2.05) is 0 Å². The van der Waals surface area contributed by atoms with Crippen LogP contribution in [0, 0.1) is 0 Å². The third-order valence-corrected chi connectivity index (χ3v) is 1.62. The zero-order valence-electron chi connectivity index (χ0n) is 7.32. The van der Waals surface area contributed by atoms with Crippen LogP contribution >= 0.6 is 0 Å². The third-order valence-electron chi connectivity index (χ3n) is 1.62. The van der Waals surface area contributed by atoms with Gasteiger partial charge in [-0.05, 0) is 16.5 Å². The summed E-state index contributed by atoms with van der Waals surface area (Å²) in [6.45, 7) is 0. The Bertz CT molecular complexity index is 431. The Labute approximate surface area is 78.5 Å². The van der Waals surface area contributed by atoms with Crippen LogP contribution in [0.1, 0.15) is 10.5 Å². The smallest absolute Gasteiger partial charge is 0.271 e. The van der Waals surface area contributed by atoms with E-state index in [2.05, 4.69) is 25.9 Å². The van der Waals surface area contributed by atoms with Crippen LogP contribution in [-0.4, -0.2) is 43.2 Å². The van der Waals surface area contributed by atoms with E-state index >= 15 is 0 Å². The molecule has 14 heavy (non-hydrogen) atoms. The van der Waals surface area contributed by atoms with Gasteiger partial charge in [-0.25, -0.2) is 0 Å². The van der Waals surface area contributed by atoms with Crippen molar-refractivity contribution in [2.24, 2.45) is 0 Å². The van der Waals surface area contributed by atoms with Crippen molar-refractivity contribution in [3.63, 3.8) is 0 Å². The number of nitrogens with zero attached hydrogens (tertiary/aromatic N) is 6. The highest BCUT2D eigenvalue weighted by Gasteiger charge is 2.11. The number of aromatic nitrogens is 6. The van der Waals surface area contributed by atoms with Crippen molar-refractivity contribution < 1.29 is 4.79 Å². The summed E-state index contributed by atoms with van der Waals surface area (Å²) < 4.78 is 0. The lowest BCUT2D eigenvalue weighted by atomic mass is 10.4. The number of carbonyl (C=O) groups excluding carboxylic acids is 1. The molecule has 8 nitrogen and oxygen atoms in total. The predicted octanol–water partition coefficient (Wildman–Crippen LogP) is -1.46. The second-order valence-electron chi connectivity index (χ2n) is 2.42. The maximum Gasteiger partial charge on any atom is 0.271 e. The Balaban J connectivity index is 2.45. The van der Waals surface area contributed by atoms with Crippen molar-refractivity contribution in [3.8, 4) is 0 Å². The second-order valence-corrected chi connectivity index (χ2v) is 2.42. The van der Waals surface area contributed by atoms with E-state index in [-0.39, 0.29) is 5.91 Å². The number of hydrogen-bond acceptors (Lipinski definition) is 5. The second kappa shape index (κ2) is 3.24. The van der Waals surface area contributed by atoms with Crippen LogP contribution in [0.5, 0.6) is 0 Å². The largest absolute Gasteiger partial charge is 0.354 e. The maximum atomic E-state index is 11.3. The molecule has 1 N–H and O–H groups in total. The summed E-state index contributed by atoms with van der Waals surface area (Å²) >= 11 is 0. The van der Waals surface area contributed by atoms with Gasteiger partial charge in [-0.3, -0.25) is 4.79 Å². The summed E-state index contributed by atoms with van der Waals surface area (Å²) in [4.78, 5) is 13.9. The van der Waals surface area contributed by atoms with E-state index in [1.165, 1.54) is 22.1 Å². The number of amides is 1. The molecule has 0 aliphatic rings. The van der Waals surface area contributed by atoms with Crippen LogP contribution in [0.15, 0.2) is 18.6 Å². The van der Waals surface area contributed by atoms with Gasteiger partial charge in [-0.15, -0.1) is 14.7 Å². The molecule has 1 amide bonds. The lowest BCUT2D eigenvalue weighted by Gasteiger charge is -2.02. The van der Waals surface area contributed by atoms with Crippen molar-refractivity contribution in [2.45, 2.75) is 0 Å². The highest BCUT2D eigenvalue weighted by Crippen LogP contribution is 1.97. The predicted molar refractivity (Wildman–Crippen MR) is 44.2 cm³/mol. The van der Waals surface area contributed by atoms with Gasteiger partial charge >= 0.3 is 0 Å². The summed E-state index contributed by atoms with van der Waals surface area (Å²) in [7, 11) is 1.54. The molecule has 0 atom stereocenters. The van der Waals surface area contributed by atoms with Gasteiger partial charge in [-0.1, -0.05) is 0 Å². The minimum Gasteiger partial charge on any atom is -0.354 e. The van der Waals surface area contributed by atoms with Gasteiger partial charge in [0.25, 0.3) is 5.91 Å². The standard InChI is InChI=1S/C6H7N7O/c1-7-6(14)5-2-3-9-13(5)12-4-8-10-11-12/h2-4H,1H3,(H,7,14). The number of carbonyl (C=O) groups is 1. The fourth-order valence-corrected chi connectivity index (χ4v) is 0.997.